The van der Waals surface area contributed by atoms with Crippen LogP contribution in [0.4, 0.5) is 17.8 Å². The van der Waals surface area contributed by atoms with Gasteiger partial charge >= 0.3 is 0 Å². The summed E-state index contributed by atoms with van der Waals surface area (Å²) >= 11 is 1.93. The SMILES string of the molecule is CCCNc1nc(NCC2(SC)CC2)nc(N(C)C)n1. The predicted octanol–water partition coefficient (Wildman–Crippen LogP) is 2.07. The van der Waals surface area contributed by atoms with E-state index in [0.717, 1.165) is 19.5 Å². The standard InChI is InChI=1S/C13H24N6S/c1-5-8-14-10-16-11(18-12(17-10)19(2)3)15-9-13(20-4)6-7-13/h5-9H2,1-4H3,(H2,14,15,16,17,18). The van der Waals surface area contributed by atoms with E-state index in [1.54, 1.807) is 0 Å². The number of nitrogens with zero attached hydrogens (tertiary/aromatic N) is 4. The molecule has 20 heavy (non-hydrogen) atoms. The zero-order valence-electron chi connectivity index (χ0n) is 12.7. The van der Waals surface area contributed by atoms with Gasteiger partial charge in [0.2, 0.25) is 17.8 Å². The molecule has 112 valence electrons. The summed E-state index contributed by atoms with van der Waals surface area (Å²) in [5.41, 5.74) is 0. The van der Waals surface area contributed by atoms with Gasteiger partial charge in [0.1, 0.15) is 0 Å². The lowest BCUT2D eigenvalue weighted by Gasteiger charge is -2.16. The van der Waals surface area contributed by atoms with Crippen LogP contribution in [0.1, 0.15) is 26.2 Å². The van der Waals surface area contributed by atoms with Crippen molar-refractivity contribution in [2.24, 2.45) is 0 Å². The maximum Gasteiger partial charge on any atom is 0.231 e. The van der Waals surface area contributed by atoms with E-state index in [-0.39, 0.29) is 0 Å². The molecule has 1 aliphatic rings. The lowest BCUT2D eigenvalue weighted by Crippen LogP contribution is -2.21. The van der Waals surface area contributed by atoms with Gasteiger partial charge in [-0.25, -0.2) is 0 Å². The van der Waals surface area contributed by atoms with Crippen LogP contribution in [0.15, 0.2) is 0 Å². The third-order valence-corrected chi connectivity index (χ3v) is 4.78. The first kappa shape index (κ1) is 15.2. The fourth-order valence-corrected chi connectivity index (χ4v) is 2.52. The first-order chi connectivity index (χ1) is 9.58. The summed E-state index contributed by atoms with van der Waals surface area (Å²) in [5, 5.41) is 6.58. The zero-order chi connectivity index (χ0) is 14.6. The third kappa shape index (κ3) is 3.88. The van der Waals surface area contributed by atoms with Crippen LogP contribution in [-0.2, 0) is 0 Å². The lowest BCUT2D eigenvalue weighted by molar-refractivity contribution is 0.889. The maximum absolute atomic E-state index is 4.45. The summed E-state index contributed by atoms with van der Waals surface area (Å²) in [6.45, 7) is 3.90. The lowest BCUT2D eigenvalue weighted by atomic mass is 10.4. The van der Waals surface area contributed by atoms with Gasteiger partial charge in [-0.15, -0.1) is 0 Å². The van der Waals surface area contributed by atoms with Gasteiger partial charge in [0.15, 0.2) is 0 Å². The minimum absolute atomic E-state index is 0.391. The van der Waals surface area contributed by atoms with Crippen molar-refractivity contribution < 1.29 is 0 Å². The second-order valence-electron chi connectivity index (χ2n) is 5.34. The Morgan fingerprint density at radius 2 is 1.80 bits per heavy atom. The van der Waals surface area contributed by atoms with Gasteiger partial charge in [-0.05, 0) is 25.5 Å². The summed E-state index contributed by atoms with van der Waals surface area (Å²) in [7, 11) is 3.87. The molecule has 0 amide bonds. The van der Waals surface area contributed by atoms with Gasteiger partial charge in [0.25, 0.3) is 0 Å². The van der Waals surface area contributed by atoms with Crippen LogP contribution in [0.3, 0.4) is 0 Å². The highest BCUT2D eigenvalue weighted by atomic mass is 32.2. The van der Waals surface area contributed by atoms with Crippen LogP contribution >= 0.6 is 11.8 Å². The van der Waals surface area contributed by atoms with E-state index in [1.165, 1.54) is 12.8 Å². The molecule has 0 radical (unpaired) electrons. The monoisotopic (exact) mass is 296 g/mol. The predicted molar refractivity (Wildman–Crippen MR) is 86.9 cm³/mol. The molecule has 1 aromatic heterocycles. The number of aromatic nitrogens is 3. The molecule has 2 rings (SSSR count). The van der Waals surface area contributed by atoms with Crippen molar-refractivity contribution in [3.63, 3.8) is 0 Å². The topological polar surface area (TPSA) is 66.0 Å². The molecule has 1 heterocycles. The first-order valence-corrected chi connectivity index (χ1v) is 8.27. The highest BCUT2D eigenvalue weighted by Gasteiger charge is 2.41. The Bertz CT molecular complexity index is 446. The van der Waals surface area contributed by atoms with E-state index in [9.17, 15) is 0 Å². The van der Waals surface area contributed by atoms with E-state index in [4.69, 9.17) is 0 Å². The van der Waals surface area contributed by atoms with Gasteiger partial charge in [0.05, 0.1) is 0 Å². The molecule has 2 N–H and O–H groups in total. The van der Waals surface area contributed by atoms with E-state index in [2.05, 4.69) is 38.8 Å². The van der Waals surface area contributed by atoms with Crippen LogP contribution in [-0.4, -0.2) is 53.1 Å². The Balaban J connectivity index is 2.07. The Kier molecular flexibility index (Phi) is 4.91. The molecular formula is C13H24N6S. The highest BCUT2D eigenvalue weighted by molar-refractivity contribution is 8.00. The van der Waals surface area contributed by atoms with Crippen molar-refractivity contribution in [3.05, 3.63) is 0 Å². The average Bonchev–Trinajstić information content (AvgIpc) is 3.23. The van der Waals surface area contributed by atoms with Crippen LogP contribution in [0, 0.1) is 0 Å². The first-order valence-electron chi connectivity index (χ1n) is 7.05. The Morgan fingerprint density at radius 1 is 1.15 bits per heavy atom. The fourth-order valence-electron chi connectivity index (χ4n) is 1.79. The Morgan fingerprint density at radius 3 is 2.30 bits per heavy atom. The minimum atomic E-state index is 0.391. The molecule has 1 fully saturated rings. The smallest absolute Gasteiger partial charge is 0.231 e. The molecule has 0 bridgehead atoms. The van der Waals surface area contributed by atoms with Gasteiger partial charge in [-0.2, -0.15) is 26.7 Å². The average molecular weight is 296 g/mol. The summed E-state index contributed by atoms with van der Waals surface area (Å²) in [5.74, 6) is 1.97. The maximum atomic E-state index is 4.45. The Labute approximate surface area is 125 Å². The molecule has 0 aromatic carbocycles. The minimum Gasteiger partial charge on any atom is -0.354 e. The van der Waals surface area contributed by atoms with Crippen molar-refractivity contribution in [3.8, 4) is 0 Å². The molecule has 1 aromatic rings. The molecule has 1 aliphatic carbocycles. The summed E-state index contributed by atoms with van der Waals surface area (Å²) in [6, 6.07) is 0. The number of anilines is 3. The van der Waals surface area contributed by atoms with Crippen molar-refractivity contribution in [2.45, 2.75) is 30.9 Å². The second kappa shape index (κ2) is 6.47. The number of hydrogen-bond donors (Lipinski definition) is 2. The summed E-state index contributed by atoms with van der Waals surface area (Å²) < 4.78 is 0.391. The Hall–Kier alpha value is -1.24. The molecule has 0 unspecified atom stereocenters. The van der Waals surface area contributed by atoms with Gasteiger partial charge in [0, 0.05) is 31.9 Å². The molecule has 1 saturated carbocycles. The van der Waals surface area contributed by atoms with Crippen molar-refractivity contribution >= 4 is 29.6 Å². The molecule has 6 nitrogen and oxygen atoms in total. The largest absolute Gasteiger partial charge is 0.354 e. The number of rotatable bonds is 8. The van der Waals surface area contributed by atoms with E-state index in [0.29, 0.717) is 22.6 Å². The van der Waals surface area contributed by atoms with Crippen LogP contribution < -0.4 is 15.5 Å². The van der Waals surface area contributed by atoms with Gasteiger partial charge < -0.3 is 15.5 Å². The molecule has 0 spiro atoms. The number of nitrogens with one attached hydrogen (secondary N) is 2. The molecular weight excluding hydrogens is 272 g/mol. The van der Waals surface area contributed by atoms with Gasteiger partial charge in [-0.3, -0.25) is 0 Å². The van der Waals surface area contributed by atoms with Crippen LogP contribution in [0.5, 0.6) is 0 Å². The van der Waals surface area contributed by atoms with E-state index < -0.39 is 0 Å². The van der Waals surface area contributed by atoms with Crippen LogP contribution in [0.2, 0.25) is 0 Å². The second-order valence-corrected chi connectivity index (χ2v) is 6.62. The quantitative estimate of drug-likeness (QED) is 0.761. The molecule has 7 heteroatoms. The highest BCUT2D eigenvalue weighted by Crippen LogP contribution is 2.46. The van der Waals surface area contributed by atoms with Crippen molar-refractivity contribution in [1.82, 2.24) is 15.0 Å². The van der Waals surface area contributed by atoms with E-state index >= 15 is 0 Å². The number of thioether (sulfide) groups is 1. The van der Waals surface area contributed by atoms with Crippen molar-refractivity contribution in [1.29, 1.82) is 0 Å². The molecule has 0 saturated heterocycles. The van der Waals surface area contributed by atoms with E-state index in [1.807, 2.05) is 30.8 Å². The van der Waals surface area contributed by atoms with Crippen molar-refractivity contribution in [2.75, 3.05) is 49.0 Å². The summed E-state index contributed by atoms with van der Waals surface area (Å²) in [4.78, 5) is 15.2. The third-order valence-electron chi connectivity index (χ3n) is 3.37. The van der Waals surface area contributed by atoms with Crippen LogP contribution in [0.25, 0.3) is 0 Å². The zero-order valence-corrected chi connectivity index (χ0v) is 13.5. The molecule has 0 aliphatic heterocycles. The molecule has 0 atom stereocenters. The summed E-state index contributed by atoms with van der Waals surface area (Å²) in [6.07, 6.45) is 5.75. The normalized spacial score (nSPS) is 15.8. The fraction of sp³-hybridized carbons (Fsp3) is 0.769. The van der Waals surface area contributed by atoms with Gasteiger partial charge in [-0.1, -0.05) is 6.92 Å². The number of hydrogen-bond acceptors (Lipinski definition) is 7.